The van der Waals surface area contributed by atoms with E-state index in [1.165, 1.54) is 34.8 Å². The number of halogens is 4. The summed E-state index contributed by atoms with van der Waals surface area (Å²) in [5.41, 5.74) is 1.39. The highest BCUT2D eigenvalue weighted by Gasteiger charge is 2.38. The van der Waals surface area contributed by atoms with Crippen LogP contribution in [0.4, 0.5) is 17.6 Å². The number of Topliss-reactive ketones (excluding diaryl/α,β-unsaturated/α-hetero) is 4. The Bertz CT molecular complexity index is 2400. The van der Waals surface area contributed by atoms with Gasteiger partial charge in [0.2, 0.25) is 23.1 Å². The zero-order chi connectivity index (χ0) is 32.3. The molecule has 46 heavy (non-hydrogen) atoms. The minimum atomic E-state index is -1.10. The van der Waals surface area contributed by atoms with Crippen LogP contribution in [-0.4, -0.2) is 33.1 Å². The van der Waals surface area contributed by atoms with Crippen molar-refractivity contribution in [1.82, 2.24) is 9.97 Å². The number of aryl methyl sites for hydroxylation is 2. The zero-order valence-corrected chi connectivity index (χ0v) is 25.1. The Morgan fingerprint density at radius 2 is 0.957 bits per heavy atom. The molecule has 0 fully saturated rings. The van der Waals surface area contributed by atoms with Crippen molar-refractivity contribution in [3.63, 3.8) is 0 Å². The minimum absolute atomic E-state index is 0.118. The van der Waals surface area contributed by atoms with Crippen molar-refractivity contribution in [3.05, 3.63) is 103 Å². The molecule has 224 valence electrons. The molecule has 4 aromatic carbocycles. The van der Waals surface area contributed by atoms with Gasteiger partial charge in [0.1, 0.15) is 33.3 Å². The van der Waals surface area contributed by atoms with Gasteiger partial charge in [-0.2, -0.15) is 0 Å². The second kappa shape index (κ2) is 9.65. The lowest BCUT2D eigenvalue weighted by molar-refractivity contribution is -0.110. The number of aromatic nitrogens is 2. The number of benzene rings is 4. The van der Waals surface area contributed by atoms with Gasteiger partial charge >= 0.3 is 0 Å². The maximum Gasteiger partial charge on any atom is 0.237 e. The molecule has 2 aliphatic carbocycles. The van der Waals surface area contributed by atoms with Crippen LogP contribution in [0.25, 0.3) is 54.5 Å². The molecule has 0 saturated carbocycles. The third-order valence-electron chi connectivity index (χ3n) is 8.12. The second-order valence-electron chi connectivity index (χ2n) is 11.0. The minimum Gasteiger partial charge on any atom is -0.285 e. The van der Waals surface area contributed by atoms with Gasteiger partial charge in [-0.25, -0.2) is 27.5 Å². The Hall–Kier alpha value is -5.20. The van der Waals surface area contributed by atoms with Crippen molar-refractivity contribution in [2.45, 2.75) is 13.8 Å². The predicted octanol–water partition coefficient (Wildman–Crippen LogP) is 7.84. The molecule has 0 amide bonds. The van der Waals surface area contributed by atoms with Crippen molar-refractivity contribution < 1.29 is 36.7 Å². The molecule has 6 aromatic rings. The molecule has 6 nitrogen and oxygen atoms in total. The number of fused-ring (bicyclic) bond motifs is 7. The van der Waals surface area contributed by atoms with E-state index in [0.29, 0.717) is 33.2 Å². The van der Waals surface area contributed by atoms with Gasteiger partial charge in [0.15, 0.2) is 0 Å². The Labute approximate surface area is 263 Å². The van der Waals surface area contributed by atoms with Crippen molar-refractivity contribution in [2.75, 3.05) is 0 Å². The third-order valence-corrected chi connectivity index (χ3v) is 10.2. The number of rotatable bonds is 2. The first kappa shape index (κ1) is 28.3. The van der Waals surface area contributed by atoms with E-state index in [2.05, 4.69) is 9.97 Å². The van der Waals surface area contributed by atoms with Crippen LogP contribution in [0.3, 0.4) is 0 Å². The number of carbonyl (C=O) groups is 4. The highest BCUT2D eigenvalue weighted by atomic mass is 32.1. The lowest BCUT2D eigenvalue weighted by atomic mass is 10.0. The van der Waals surface area contributed by atoms with Crippen LogP contribution >= 0.6 is 22.7 Å². The normalized spacial score (nSPS) is 16.3. The molecular weight excluding hydrogens is 641 g/mol. The van der Waals surface area contributed by atoms with Crippen LogP contribution in [0.1, 0.15) is 53.0 Å². The van der Waals surface area contributed by atoms with Crippen LogP contribution in [0.15, 0.2) is 36.4 Å². The van der Waals surface area contributed by atoms with Crippen LogP contribution < -0.4 is 0 Å². The number of hydrogen-bond donors (Lipinski definition) is 0. The van der Waals surface area contributed by atoms with E-state index >= 15 is 0 Å². The average Bonchev–Trinajstić information content (AvgIpc) is 3.72. The maximum absolute atomic E-state index is 14.4. The van der Waals surface area contributed by atoms with E-state index in [0.717, 1.165) is 43.4 Å². The number of allylic oxidation sites excluding steroid dienone is 2. The molecule has 2 aromatic heterocycles. The van der Waals surface area contributed by atoms with Crippen molar-refractivity contribution in [2.24, 2.45) is 0 Å². The summed E-state index contributed by atoms with van der Waals surface area (Å²) in [6.45, 7) is 3.70. The van der Waals surface area contributed by atoms with Gasteiger partial charge in [-0.1, -0.05) is 0 Å². The Morgan fingerprint density at radius 1 is 0.565 bits per heavy atom. The van der Waals surface area contributed by atoms with Crippen molar-refractivity contribution in [1.29, 1.82) is 0 Å². The fraction of sp³-hybridized carbons (Fsp3) is 0.0588. The van der Waals surface area contributed by atoms with E-state index in [1.54, 1.807) is 0 Å². The van der Waals surface area contributed by atoms with Gasteiger partial charge < -0.3 is 0 Å². The summed E-state index contributed by atoms with van der Waals surface area (Å²) in [5, 5.41) is 2.33. The van der Waals surface area contributed by atoms with Crippen LogP contribution in [0.5, 0.6) is 0 Å². The molecule has 0 bridgehead atoms. The molecule has 0 N–H and O–H groups in total. The molecule has 0 spiro atoms. The van der Waals surface area contributed by atoms with Crippen LogP contribution in [0.2, 0.25) is 0 Å². The standard InChI is InChI=1S/C34H14F4N2O4S2/c1-11-3-19-20(33-27(11)39-23(45-33)9-17-15-5-13(35)7-21(37)25(15)31(43)29(17)41)4-12(2)28-34(19)46-24(40-28)10-18-16-6-14(36)8-22(38)26(16)32(44)30(18)42/h3-10H,1-2H3/b17-9-,18-10-. The highest BCUT2D eigenvalue weighted by molar-refractivity contribution is 7.21. The van der Waals surface area contributed by atoms with Gasteiger partial charge in [-0.15, -0.1) is 22.7 Å². The summed E-state index contributed by atoms with van der Waals surface area (Å²) >= 11 is 2.48. The first-order valence-corrected chi connectivity index (χ1v) is 15.3. The fourth-order valence-electron chi connectivity index (χ4n) is 6.08. The highest BCUT2D eigenvalue weighted by Crippen LogP contribution is 2.42. The summed E-state index contributed by atoms with van der Waals surface area (Å²) in [6.07, 6.45) is 2.74. The third kappa shape index (κ3) is 3.93. The zero-order valence-electron chi connectivity index (χ0n) is 23.5. The van der Waals surface area contributed by atoms with Crippen molar-refractivity contribution in [3.8, 4) is 0 Å². The maximum atomic E-state index is 14.4. The van der Waals surface area contributed by atoms with E-state index in [9.17, 15) is 36.7 Å². The monoisotopic (exact) mass is 654 g/mol. The van der Waals surface area contributed by atoms with Gasteiger partial charge in [0, 0.05) is 45.2 Å². The van der Waals surface area contributed by atoms with Crippen molar-refractivity contribution >= 4 is 100 Å². The summed E-state index contributed by atoms with van der Waals surface area (Å²) in [7, 11) is 0. The number of thiazole rings is 2. The van der Waals surface area contributed by atoms with Gasteiger partial charge in [0.25, 0.3) is 0 Å². The molecule has 2 aliphatic rings. The van der Waals surface area contributed by atoms with Crippen LogP contribution in [-0.2, 0) is 9.59 Å². The van der Waals surface area contributed by atoms with Crippen LogP contribution in [0, 0.1) is 37.1 Å². The SMILES string of the molecule is Cc1cc2c(cc(C)c3nc(/C=C4\C(=O)C(=O)c5c(F)cc(F)cc54)sc32)c2sc(/C=C3\C(=O)C(=O)c4c(F)cc(F)cc43)nc12. The Morgan fingerprint density at radius 3 is 1.35 bits per heavy atom. The van der Waals surface area contributed by atoms with Gasteiger partial charge in [-0.05, 0) is 61.4 Å². The first-order chi connectivity index (χ1) is 21.9. The van der Waals surface area contributed by atoms with E-state index < -0.39 is 57.5 Å². The molecule has 12 heteroatoms. The molecule has 0 aliphatic heterocycles. The molecule has 0 unspecified atom stereocenters. The summed E-state index contributed by atoms with van der Waals surface area (Å²) < 4.78 is 58.3. The topological polar surface area (TPSA) is 94.1 Å². The first-order valence-electron chi connectivity index (χ1n) is 13.7. The quantitative estimate of drug-likeness (QED) is 0.107. The number of ketones is 4. The molecule has 0 saturated heterocycles. The summed E-state index contributed by atoms with van der Waals surface area (Å²) in [4.78, 5) is 59.8. The van der Waals surface area contributed by atoms with Gasteiger partial charge in [0.05, 0.1) is 31.6 Å². The second-order valence-corrected chi connectivity index (χ2v) is 13.1. The summed E-state index contributed by atoms with van der Waals surface area (Å²) in [6, 6.07) is 6.87. The van der Waals surface area contributed by atoms with E-state index in [4.69, 9.17) is 0 Å². The summed E-state index contributed by atoms with van der Waals surface area (Å²) in [5.74, 6) is -8.01. The smallest absolute Gasteiger partial charge is 0.237 e. The number of hydrogen-bond acceptors (Lipinski definition) is 8. The average molecular weight is 655 g/mol. The molecule has 0 radical (unpaired) electrons. The lowest BCUT2D eigenvalue weighted by Gasteiger charge is -2.05. The largest absolute Gasteiger partial charge is 0.285 e. The van der Waals surface area contributed by atoms with E-state index in [-0.39, 0.29) is 22.3 Å². The van der Waals surface area contributed by atoms with Gasteiger partial charge in [-0.3, -0.25) is 19.2 Å². The molecule has 2 heterocycles. The number of nitrogens with zero attached hydrogens (tertiary/aromatic N) is 2. The van der Waals surface area contributed by atoms with E-state index in [1.807, 2.05) is 26.0 Å². The predicted molar refractivity (Wildman–Crippen MR) is 167 cm³/mol. The molecule has 0 atom stereocenters. The fourth-order valence-corrected chi connectivity index (χ4v) is 8.29. The molecular formula is C34H14F4N2O4S2. The Kier molecular flexibility index (Phi) is 5.93. The number of carbonyl (C=O) groups excluding carboxylic acids is 4. The Balaban J connectivity index is 1.29. The molecule has 8 rings (SSSR count). The lowest BCUT2D eigenvalue weighted by Crippen LogP contribution is -2.07.